The van der Waals surface area contributed by atoms with Crippen molar-refractivity contribution in [1.29, 1.82) is 0 Å². The standard InChI is InChI=1S/C26H35NO5/c1-8-10-20(12-17(3)4)25(29)31-15-22-14-27-19(7)24(28)23(22)16-32-26(30)21(11-9-2)13-18(5)6/h1-2,14,17-18,20-21,28H,10-13,15-16H2,3-7H3. The van der Waals surface area contributed by atoms with Gasteiger partial charge >= 0.3 is 11.9 Å². The maximum atomic E-state index is 12.6. The van der Waals surface area contributed by atoms with Gasteiger partial charge in [-0.3, -0.25) is 14.6 Å². The Morgan fingerprint density at radius 3 is 1.88 bits per heavy atom. The van der Waals surface area contributed by atoms with Crippen LogP contribution < -0.4 is 0 Å². The number of esters is 2. The molecule has 0 aromatic carbocycles. The molecule has 6 heteroatoms. The molecular formula is C26H35NO5. The fraction of sp³-hybridized carbons (Fsp3) is 0.577. The molecule has 0 saturated carbocycles. The number of rotatable bonds is 12. The van der Waals surface area contributed by atoms with Crippen LogP contribution in [0.3, 0.4) is 0 Å². The SMILES string of the molecule is C#CCC(CC(C)C)C(=O)OCc1cnc(C)c(O)c1COC(=O)C(CC#C)CC(C)C. The highest BCUT2D eigenvalue weighted by molar-refractivity contribution is 5.73. The molecule has 1 aromatic rings. The molecule has 0 spiro atoms. The third kappa shape index (κ3) is 8.63. The van der Waals surface area contributed by atoms with Crippen LogP contribution in [0.1, 0.15) is 70.2 Å². The summed E-state index contributed by atoms with van der Waals surface area (Å²) in [6, 6.07) is 0. The van der Waals surface area contributed by atoms with Crippen molar-refractivity contribution in [3.05, 3.63) is 23.0 Å². The lowest BCUT2D eigenvalue weighted by Gasteiger charge is -2.19. The Hall–Kier alpha value is -2.99. The van der Waals surface area contributed by atoms with Crippen molar-refractivity contribution in [3.63, 3.8) is 0 Å². The van der Waals surface area contributed by atoms with Gasteiger partial charge in [-0.25, -0.2) is 0 Å². The monoisotopic (exact) mass is 441 g/mol. The number of carbonyl (C=O) groups is 2. The van der Waals surface area contributed by atoms with E-state index in [0.717, 1.165) is 0 Å². The Kier molecular flexibility index (Phi) is 11.3. The highest BCUT2D eigenvalue weighted by Crippen LogP contribution is 2.27. The van der Waals surface area contributed by atoms with Gasteiger partial charge in [0.2, 0.25) is 0 Å². The molecule has 6 nitrogen and oxygen atoms in total. The highest BCUT2D eigenvalue weighted by Gasteiger charge is 2.24. The summed E-state index contributed by atoms with van der Waals surface area (Å²) in [5.74, 6) is 3.91. The molecule has 0 radical (unpaired) electrons. The summed E-state index contributed by atoms with van der Waals surface area (Å²) in [4.78, 5) is 29.2. The second-order valence-electron chi connectivity index (χ2n) is 8.88. The van der Waals surface area contributed by atoms with E-state index in [0.29, 0.717) is 42.0 Å². The normalized spacial score (nSPS) is 12.7. The van der Waals surface area contributed by atoms with Gasteiger partial charge in [-0.1, -0.05) is 27.7 Å². The molecule has 0 aliphatic rings. The van der Waals surface area contributed by atoms with Crippen LogP contribution in [0, 0.1) is 55.3 Å². The quantitative estimate of drug-likeness (QED) is 0.378. The molecule has 0 aliphatic heterocycles. The molecule has 0 amide bonds. The van der Waals surface area contributed by atoms with Gasteiger partial charge in [0.25, 0.3) is 0 Å². The van der Waals surface area contributed by atoms with Gasteiger partial charge in [-0.05, 0) is 31.6 Å². The molecule has 1 rings (SSSR count). The van der Waals surface area contributed by atoms with Crippen LogP contribution in [0.25, 0.3) is 0 Å². The van der Waals surface area contributed by atoms with Crippen molar-refractivity contribution in [2.75, 3.05) is 0 Å². The Morgan fingerprint density at radius 1 is 0.969 bits per heavy atom. The van der Waals surface area contributed by atoms with Gasteiger partial charge in [0.1, 0.15) is 19.0 Å². The molecule has 0 aliphatic carbocycles. The molecule has 1 heterocycles. The summed E-state index contributed by atoms with van der Waals surface area (Å²) in [7, 11) is 0. The van der Waals surface area contributed by atoms with Crippen molar-refractivity contribution >= 4 is 11.9 Å². The van der Waals surface area contributed by atoms with Crippen molar-refractivity contribution in [2.45, 2.75) is 73.5 Å². The Labute approximate surface area is 192 Å². The first-order valence-electron chi connectivity index (χ1n) is 11.0. The number of aromatic hydroxyl groups is 1. The zero-order valence-electron chi connectivity index (χ0n) is 19.8. The van der Waals surface area contributed by atoms with E-state index in [1.165, 1.54) is 6.20 Å². The van der Waals surface area contributed by atoms with E-state index in [2.05, 4.69) is 16.8 Å². The predicted molar refractivity (Wildman–Crippen MR) is 123 cm³/mol. The molecule has 1 N–H and O–H groups in total. The molecule has 2 unspecified atom stereocenters. The van der Waals surface area contributed by atoms with Crippen molar-refractivity contribution in [3.8, 4) is 30.4 Å². The second kappa shape index (κ2) is 13.4. The lowest BCUT2D eigenvalue weighted by Crippen LogP contribution is -2.21. The minimum atomic E-state index is -0.417. The van der Waals surface area contributed by atoms with Gasteiger partial charge in [0, 0.05) is 30.2 Å². The number of aryl methyl sites for hydroxylation is 1. The van der Waals surface area contributed by atoms with E-state index in [-0.39, 0.29) is 31.3 Å². The van der Waals surface area contributed by atoms with E-state index in [4.69, 9.17) is 22.3 Å². The smallest absolute Gasteiger partial charge is 0.310 e. The molecule has 0 bridgehead atoms. The summed E-state index contributed by atoms with van der Waals surface area (Å²) in [6.45, 7) is 9.41. The van der Waals surface area contributed by atoms with Crippen molar-refractivity contribution in [1.82, 2.24) is 4.98 Å². The number of carbonyl (C=O) groups excluding carboxylic acids is 2. The first-order chi connectivity index (χ1) is 15.1. The number of terminal acetylenes is 2. The van der Waals surface area contributed by atoms with E-state index in [1.54, 1.807) is 6.92 Å². The lowest BCUT2D eigenvalue weighted by atomic mass is 9.94. The molecular weight excluding hydrogens is 406 g/mol. The van der Waals surface area contributed by atoms with E-state index < -0.39 is 23.8 Å². The Bertz CT molecular complexity index is 860. The number of nitrogens with zero attached hydrogens (tertiary/aromatic N) is 1. The molecule has 0 saturated heterocycles. The van der Waals surface area contributed by atoms with Gasteiger partial charge in [-0.2, -0.15) is 0 Å². The van der Waals surface area contributed by atoms with Crippen LogP contribution in [-0.2, 0) is 32.3 Å². The first-order valence-corrected chi connectivity index (χ1v) is 11.0. The number of aromatic nitrogens is 1. The third-order valence-corrected chi connectivity index (χ3v) is 5.07. The van der Waals surface area contributed by atoms with Crippen LogP contribution in [-0.4, -0.2) is 22.0 Å². The largest absolute Gasteiger partial charge is 0.506 e. The number of pyridine rings is 1. The minimum Gasteiger partial charge on any atom is -0.506 e. The fourth-order valence-electron chi connectivity index (χ4n) is 3.45. The van der Waals surface area contributed by atoms with E-state index >= 15 is 0 Å². The van der Waals surface area contributed by atoms with Crippen LogP contribution in [0.4, 0.5) is 0 Å². The maximum Gasteiger partial charge on any atom is 0.310 e. The zero-order valence-corrected chi connectivity index (χ0v) is 19.8. The summed E-state index contributed by atoms with van der Waals surface area (Å²) in [6.07, 6.45) is 14.1. The van der Waals surface area contributed by atoms with E-state index in [9.17, 15) is 14.7 Å². The summed E-state index contributed by atoms with van der Waals surface area (Å²) < 4.78 is 10.9. The summed E-state index contributed by atoms with van der Waals surface area (Å²) >= 11 is 0. The van der Waals surface area contributed by atoms with E-state index in [1.807, 2.05) is 27.7 Å². The van der Waals surface area contributed by atoms with Crippen LogP contribution >= 0.6 is 0 Å². The van der Waals surface area contributed by atoms with Crippen LogP contribution in [0.5, 0.6) is 5.75 Å². The molecule has 32 heavy (non-hydrogen) atoms. The zero-order chi connectivity index (χ0) is 24.3. The Morgan fingerprint density at radius 2 is 1.44 bits per heavy atom. The first kappa shape index (κ1) is 27.0. The summed E-state index contributed by atoms with van der Waals surface area (Å²) in [5, 5.41) is 10.5. The molecule has 0 fully saturated rings. The average molecular weight is 442 g/mol. The van der Waals surface area contributed by atoms with Gasteiger partial charge in [-0.15, -0.1) is 24.7 Å². The van der Waals surface area contributed by atoms with Gasteiger partial charge < -0.3 is 14.6 Å². The fourth-order valence-corrected chi connectivity index (χ4v) is 3.45. The maximum absolute atomic E-state index is 12.6. The second-order valence-corrected chi connectivity index (χ2v) is 8.88. The predicted octanol–water partition coefficient (Wildman–Crippen LogP) is 4.55. The number of hydrogen-bond acceptors (Lipinski definition) is 6. The minimum absolute atomic E-state index is 0.0916. The molecule has 1 aromatic heterocycles. The Balaban J connectivity index is 2.95. The average Bonchev–Trinajstić information content (AvgIpc) is 2.72. The highest BCUT2D eigenvalue weighted by atomic mass is 16.5. The topological polar surface area (TPSA) is 85.7 Å². The van der Waals surface area contributed by atoms with Gasteiger partial charge in [0.15, 0.2) is 0 Å². The lowest BCUT2D eigenvalue weighted by molar-refractivity contribution is -0.152. The van der Waals surface area contributed by atoms with Crippen LogP contribution in [0.2, 0.25) is 0 Å². The van der Waals surface area contributed by atoms with Crippen molar-refractivity contribution in [2.24, 2.45) is 23.7 Å². The van der Waals surface area contributed by atoms with Crippen LogP contribution in [0.15, 0.2) is 6.20 Å². The molecule has 174 valence electrons. The van der Waals surface area contributed by atoms with Crippen molar-refractivity contribution < 1.29 is 24.2 Å². The summed E-state index contributed by atoms with van der Waals surface area (Å²) in [5.41, 5.74) is 1.22. The number of ether oxygens (including phenoxy) is 2. The van der Waals surface area contributed by atoms with Gasteiger partial charge in [0.05, 0.1) is 17.5 Å². The number of hydrogen-bond donors (Lipinski definition) is 1. The third-order valence-electron chi connectivity index (χ3n) is 5.07. The molecule has 2 atom stereocenters.